The number of rotatable bonds is 3. The molecule has 1 atom stereocenters. The van der Waals surface area contributed by atoms with Crippen molar-refractivity contribution < 1.29 is 22.5 Å². The average Bonchev–Trinajstić information content (AvgIpc) is 2.15. The number of nitrogens with zero attached hydrogens (tertiary/aromatic N) is 1. The minimum atomic E-state index is -4.57. The second kappa shape index (κ2) is 4.56. The fourth-order valence-corrected chi connectivity index (χ4v) is 1.10. The van der Waals surface area contributed by atoms with Crippen molar-refractivity contribution in [1.29, 1.82) is 0 Å². The first-order valence-electron chi connectivity index (χ1n) is 4.49. The van der Waals surface area contributed by atoms with Crippen LogP contribution in [0.3, 0.4) is 0 Å². The van der Waals surface area contributed by atoms with Gasteiger partial charge in [0.05, 0.1) is 4.92 Å². The Morgan fingerprint density at radius 3 is 2.47 bits per heavy atom. The maximum atomic E-state index is 12.8. The lowest BCUT2D eigenvalue weighted by atomic mass is 10.2. The molecular formula is C9H8F4N2O2. The molecule has 0 saturated carbocycles. The summed E-state index contributed by atoms with van der Waals surface area (Å²) in [4.78, 5) is 9.64. The predicted molar refractivity (Wildman–Crippen MR) is 52.2 cm³/mol. The quantitative estimate of drug-likeness (QED) is 0.511. The Balaban J connectivity index is 3.04. The number of nitro benzene ring substituents is 1. The molecule has 0 amide bonds. The van der Waals surface area contributed by atoms with Crippen LogP contribution >= 0.6 is 0 Å². The van der Waals surface area contributed by atoms with Gasteiger partial charge in [0.2, 0.25) is 0 Å². The highest BCUT2D eigenvalue weighted by atomic mass is 19.4. The van der Waals surface area contributed by atoms with E-state index in [2.05, 4.69) is 0 Å². The van der Waals surface area contributed by atoms with Gasteiger partial charge in [0.25, 0.3) is 5.69 Å². The summed E-state index contributed by atoms with van der Waals surface area (Å²) < 4.78 is 49.5. The number of halogens is 4. The molecule has 4 nitrogen and oxygen atoms in total. The number of hydrogen-bond donors (Lipinski definition) is 1. The summed E-state index contributed by atoms with van der Waals surface area (Å²) in [5.74, 6) is -0.854. The third-order valence-electron chi connectivity index (χ3n) is 2.02. The highest BCUT2D eigenvalue weighted by molar-refractivity contribution is 5.61. The molecule has 0 aliphatic rings. The molecule has 0 heterocycles. The van der Waals surface area contributed by atoms with E-state index in [-0.39, 0.29) is 0 Å². The molecule has 0 fully saturated rings. The maximum absolute atomic E-state index is 12.8. The first kappa shape index (κ1) is 13.2. The summed E-state index contributed by atoms with van der Waals surface area (Å²) in [5, 5.41) is 12.4. The molecule has 0 saturated heterocycles. The SMILES string of the molecule is C[C@H](Nc1cc(F)ccc1[N+](=O)[O-])C(F)(F)F. The highest BCUT2D eigenvalue weighted by Gasteiger charge is 2.37. The van der Waals surface area contributed by atoms with Gasteiger partial charge in [-0.3, -0.25) is 10.1 Å². The van der Waals surface area contributed by atoms with Crippen molar-refractivity contribution in [2.45, 2.75) is 19.1 Å². The molecule has 0 aliphatic heterocycles. The van der Waals surface area contributed by atoms with E-state index >= 15 is 0 Å². The number of nitro groups is 1. The fourth-order valence-electron chi connectivity index (χ4n) is 1.10. The molecular weight excluding hydrogens is 244 g/mol. The van der Waals surface area contributed by atoms with Gasteiger partial charge in [-0.15, -0.1) is 0 Å². The van der Waals surface area contributed by atoms with Crippen LogP contribution < -0.4 is 5.32 Å². The van der Waals surface area contributed by atoms with Crippen molar-refractivity contribution in [3.8, 4) is 0 Å². The summed E-state index contributed by atoms with van der Waals surface area (Å²) in [6.07, 6.45) is -4.57. The second-order valence-corrected chi connectivity index (χ2v) is 3.33. The van der Waals surface area contributed by atoms with Gasteiger partial charge >= 0.3 is 6.18 Å². The largest absolute Gasteiger partial charge is 0.408 e. The van der Waals surface area contributed by atoms with E-state index in [4.69, 9.17) is 0 Å². The molecule has 1 rings (SSSR count). The summed E-state index contributed by atoms with van der Waals surface area (Å²) >= 11 is 0. The van der Waals surface area contributed by atoms with Crippen molar-refractivity contribution in [3.05, 3.63) is 34.1 Å². The van der Waals surface area contributed by atoms with Crippen molar-refractivity contribution in [2.24, 2.45) is 0 Å². The minimum Gasteiger partial charge on any atom is -0.369 e. The van der Waals surface area contributed by atoms with Crippen LogP contribution in [-0.2, 0) is 0 Å². The Hall–Kier alpha value is -1.86. The lowest BCUT2D eigenvalue weighted by Crippen LogP contribution is -2.33. The van der Waals surface area contributed by atoms with Crippen molar-refractivity contribution in [2.75, 3.05) is 5.32 Å². The van der Waals surface area contributed by atoms with Crippen LogP contribution in [0.4, 0.5) is 28.9 Å². The standard InChI is InChI=1S/C9H8F4N2O2/c1-5(9(11,12)13)14-7-4-6(10)2-3-8(7)15(16)17/h2-5,14H,1H3/t5-/m0/s1. The van der Waals surface area contributed by atoms with E-state index < -0.39 is 34.3 Å². The van der Waals surface area contributed by atoms with Gasteiger partial charge < -0.3 is 5.32 Å². The minimum absolute atomic E-state index is 0.500. The second-order valence-electron chi connectivity index (χ2n) is 3.33. The third kappa shape index (κ3) is 3.30. The fraction of sp³-hybridized carbons (Fsp3) is 0.333. The van der Waals surface area contributed by atoms with E-state index in [1.165, 1.54) is 0 Å². The van der Waals surface area contributed by atoms with Gasteiger partial charge in [-0.05, 0) is 13.0 Å². The van der Waals surface area contributed by atoms with Crippen LogP contribution in [0.2, 0.25) is 0 Å². The van der Waals surface area contributed by atoms with Crippen molar-refractivity contribution in [3.63, 3.8) is 0 Å². The molecule has 0 bridgehead atoms. The van der Waals surface area contributed by atoms with Crippen LogP contribution in [-0.4, -0.2) is 17.1 Å². The van der Waals surface area contributed by atoms with Crippen LogP contribution in [0.1, 0.15) is 6.92 Å². The molecule has 0 unspecified atom stereocenters. The van der Waals surface area contributed by atoms with Gasteiger partial charge in [0, 0.05) is 12.1 Å². The Bertz CT molecular complexity index is 433. The van der Waals surface area contributed by atoms with E-state index in [0.29, 0.717) is 6.07 Å². The summed E-state index contributed by atoms with van der Waals surface area (Å²) in [6.45, 7) is 0.786. The number of alkyl halides is 3. The Labute approximate surface area is 93.4 Å². The van der Waals surface area contributed by atoms with E-state index in [0.717, 1.165) is 19.1 Å². The zero-order valence-electron chi connectivity index (χ0n) is 8.58. The Morgan fingerprint density at radius 2 is 2.00 bits per heavy atom. The van der Waals surface area contributed by atoms with Gasteiger partial charge in [0.1, 0.15) is 17.5 Å². The number of hydrogen-bond acceptors (Lipinski definition) is 3. The van der Waals surface area contributed by atoms with Crippen LogP contribution in [0.5, 0.6) is 0 Å². The average molecular weight is 252 g/mol. The first-order chi connectivity index (χ1) is 7.71. The van der Waals surface area contributed by atoms with Gasteiger partial charge in [-0.1, -0.05) is 0 Å². The van der Waals surface area contributed by atoms with Gasteiger partial charge in [0.15, 0.2) is 0 Å². The summed E-state index contributed by atoms with van der Waals surface area (Å²) in [5.41, 5.74) is -1.11. The normalized spacial score (nSPS) is 13.2. The molecule has 94 valence electrons. The number of benzene rings is 1. The van der Waals surface area contributed by atoms with E-state index in [9.17, 15) is 27.7 Å². The Kier molecular flexibility index (Phi) is 3.54. The zero-order chi connectivity index (χ0) is 13.2. The molecule has 0 aromatic heterocycles. The predicted octanol–water partition coefficient (Wildman–Crippen LogP) is 3.10. The summed E-state index contributed by atoms with van der Waals surface area (Å²) in [6, 6.07) is 0.255. The molecule has 1 N–H and O–H groups in total. The monoisotopic (exact) mass is 252 g/mol. The molecule has 1 aromatic rings. The molecule has 0 spiro atoms. The Morgan fingerprint density at radius 1 is 1.41 bits per heavy atom. The van der Waals surface area contributed by atoms with E-state index in [1.54, 1.807) is 0 Å². The number of nitrogens with one attached hydrogen (secondary N) is 1. The van der Waals surface area contributed by atoms with Gasteiger partial charge in [-0.2, -0.15) is 13.2 Å². The lowest BCUT2D eigenvalue weighted by Gasteiger charge is -2.18. The molecule has 8 heteroatoms. The van der Waals surface area contributed by atoms with Crippen LogP contribution in [0.15, 0.2) is 18.2 Å². The highest BCUT2D eigenvalue weighted by Crippen LogP contribution is 2.29. The number of anilines is 1. The van der Waals surface area contributed by atoms with Crippen molar-refractivity contribution >= 4 is 11.4 Å². The first-order valence-corrected chi connectivity index (χ1v) is 4.49. The van der Waals surface area contributed by atoms with Gasteiger partial charge in [-0.25, -0.2) is 4.39 Å². The topological polar surface area (TPSA) is 55.2 Å². The van der Waals surface area contributed by atoms with E-state index in [1.807, 2.05) is 5.32 Å². The molecule has 0 radical (unpaired) electrons. The van der Waals surface area contributed by atoms with Crippen molar-refractivity contribution in [1.82, 2.24) is 0 Å². The molecule has 1 aromatic carbocycles. The molecule has 0 aliphatic carbocycles. The zero-order valence-corrected chi connectivity index (χ0v) is 8.58. The van der Waals surface area contributed by atoms with Crippen LogP contribution in [0.25, 0.3) is 0 Å². The summed E-state index contributed by atoms with van der Waals surface area (Å²) in [7, 11) is 0. The lowest BCUT2D eigenvalue weighted by molar-refractivity contribution is -0.384. The van der Waals surface area contributed by atoms with Crippen LogP contribution in [0, 0.1) is 15.9 Å². The third-order valence-corrected chi connectivity index (χ3v) is 2.02. The molecule has 17 heavy (non-hydrogen) atoms. The maximum Gasteiger partial charge on any atom is 0.408 e. The smallest absolute Gasteiger partial charge is 0.369 e.